The second-order valence-electron chi connectivity index (χ2n) is 2.62. The third-order valence-corrected chi connectivity index (χ3v) is 1.61. The van der Waals surface area contributed by atoms with E-state index in [1.807, 2.05) is 6.07 Å². The van der Waals surface area contributed by atoms with E-state index in [2.05, 4.69) is 0 Å². The van der Waals surface area contributed by atoms with Crippen LogP contribution in [0.2, 0.25) is 0 Å². The minimum absolute atomic E-state index is 0.106. The molecule has 0 N–H and O–H groups in total. The molecule has 1 rings (SSSR count). The number of ether oxygens (including phenoxy) is 1. The van der Waals surface area contributed by atoms with Crippen molar-refractivity contribution < 1.29 is 13.9 Å². The van der Waals surface area contributed by atoms with Crippen LogP contribution >= 0.6 is 0 Å². The van der Waals surface area contributed by atoms with Crippen molar-refractivity contribution in [3.63, 3.8) is 0 Å². The van der Waals surface area contributed by atoms with E-state index < -0.39 is 0 Å². The Morgan fingerprint density at radius 1 is 1.46 bits per heavy atom. The molecule has 0 saturated heterocycles. The lowest BCUT2D eigenvalue weighted by molar-refractivity contribution is -0.111. The van der Waals surface area contributed by atoms with Crippen LogP contribution in [0.15, 0.2) is 24.3 Å². The molecule has 0 bridgehead atoms. The lowest BCUT2D eigenvalue weighted by Gasteiger charge is -2.00. The molecule has 1 aromatic carbocycles. The van der Waals surface area contributed by atoms with Gasteiger partial charge in [0.15, 0.2) is 0 Å². The van der Waals surface area contributed by atoms with Crippen LogP contribution in [-0.2, 0) is 16.0 Å². The van der Waals surface area contributed by atoms with Crippen molar-refractivity contribution in [3.8, 4) is 0 Å². The number of rotatable bonds is 5. The molecule has 0 radical (unpaired) electrons. The molecule has 13 heavy (non-hydrogen) atoms. The van der Waals surface area contributed by atoms with Crippen LogP contribution in [-0.4, -0.2) is 19.5 Å². The largest absolute Gasteiger partial charge is 0.374 e. The zero-order valence-corrected chi connectivity index (χ0v) is 7.20. The van der Waals surface area contributed by atoms with Gasteiger partial charge in [-0.2, -0.15) is 0 Å². The maximum Gasteiger partial charge on any atom is 0.145 e. The quantitative estimate of drug-likeness (QED) is 0.510. The Bertz CT molecular complexity index is 273. The monoisotopic (exact) mass is 182 g/mol. The minimum atomic E-state index is -0.243. The van der Waals surface area contributed by atoms with Crippen LogP contribution in [0.5, 0.6) is 0 Å². The number of benzene rings is 1. The summed E-state index contributed by atoms with van der Waals surface area (Å²) in [6.45, 7) is 0.553. The van der Waals surface area contributed by atoms with Crippen molar-refractivity contribution in [1.82, 2.24) is 0 Å². The molecule has 0 aliphatic rings. The number of halogens is 1. The highest BCUT2D eigenvalue weighted by Crippen LogP contribution is 2.03. The summed E-state index contributed by atoms with van der Waals surface area (Å²) < 4.78 is 17.6. The van der Waals surface area contributed by atoms with E-state index in [4.69, 9.17) is 4.74 Å². The fourth-order valence-corrected chi connectivity index (χ4v) is 1.01. The summed E-state index contributed by atoms with van der Waals surface area (Å²) >= 11 is 0. The highest BCUT2D eigenvalue weighted by Gasteiger charge is 1.94. The smallest absolute Gasteiger partial charge is 0.145 e. The van der Waals surface area contributed by atoms with Crippen LogP contribution in [0.4, 0.5) is 4.39 Å². The average molecular weight is 182 g/mol. The minimum Gasteiger partial charge on any atom is -0.374 e. The van der Waals surface area contributed by atoms with E-state index in [1.54, 1.807) is 6.07 Å². The van der Waals surface area contributed by atoms with E-state index >= 15 is 0 Å². The van der Waals surface area contributed by atoms with Crippen LogP contribution in [0.25, 0.3) is 0 Å². The first-order chi connectivity index (χ1) is 6.33. The first kappa shape index (κ1) is 9.86. The van der Waals surface area contributed by atoms with Crippen molar-refractivity contribution in [1.29, 1.82) is 0 Å². The number of hydrogen-bond donors (Lipinski definition) is 0. The van der Waals surface area contributed by atoms with Gasteiger partial charge in [-0.1, -0.05) is 12.1 Å². The van der Waals surface area contributed by atoms with E-state index in [9.17, 15) is 9.18 Å². The molecule has 70 valence electrons. The molecule has 0 amide bonds. The summed E-state index contributed by atoms with van der Waals surface area (Å²) in [7, 11) is 0. The molecule has 0 atom stereocenters. The zero-order valence-electron chi connectivity index (χ0n) is 7.20. The van der Waals surface area contributed by atoms with Gasteiger partial charge in [0, 0.05) is 0 Å². The molecule has 3 heteroatoms. The summed E-state index contributed by atoms with van der Waals surface area (Å²) in [5.41, 5.74) is 0.880. The van der Waals surface area contributed by atoms with Crippen molar-refractivity contribution >= 4 is 6.29 Å². The molecule has 0 heterocycles. The number of aldehydes is 1. The summed E-state index contributed by atoms with van der Waals surface area (Å²) in [5, 5.41) is 0. The maximum absolute atomic E-state index is 12.6. The lowest BCUT2D eigenvalue weighted by atomic mass is 10.2. The Balaban J connectivity index is 2.32. The predicted molar refractivity (Wildman–Crippen MR) is 47.0 cm³/mol. The molecule has 0 aromatic heterocycles. The highest BCUT2D eigenvalue weighted by atomic mass is 19.1. The Kier molecular flexibility index (Phi) is 4.12. The molecule has 2 nitrogen and oxygen atoms in total. The van der Waals surface area contributed by atoms with Gasteiger partial charge in [-0.3, -0.25) is 0 Å². The van der Waals surface area contributed by atoms with Crippen molar-refractivity contribution in [2.24, 2.45) is 0 Å². The van der Waals surface area contributed by atoms with E-state index in [0.717, 1.165) is 5.56 Å². The van der Waals surface area contributed by atoms with Gasteiger partial charge in [0.1, 0.15) is 18.7 Å². The molecule has 0 fully saturated rings. The average Bonchev–Trinajstić information content (AvgIpc) is 2.13. The third kappa shape index (κ3) is 3.80. The molecule has 0 spiro atoms. The van der Waals surface area contributed by atoms with Crippen molar-refractivity contribution in [2.75, 3.05) is 13.2 Å². The van der Waals surface area contributed by atoms with Crippen molar-refractivity contribution in [2.45, 2.75) is 6.42 Å². The van der Waals surface area contributed by atoms with E-state index in [-0.39, 0.29) is 12.4 Å². The second-order valence-corrected chi connectivity index (χ2v) is 2.62. The van der Waals surface area contributed by atoms with Crippen LogP contribution < -0.4 is 0 Å². The number of hydrogen-bond acceptors (Lipinski definition) is 2. The lowest BCUT2D eigenvalue weighted by Crippen LogP contribution is -2.00. The molecule has 0 saturated carbocycles. The van der Waals surface area contributed by atoms with Gasteiger partial charge < -0.3 is 9.53 Å². The Morgan fingerprint density at radius 3 is 3.00 bits per heavy atom. The van der Waals surface area contributed by atoms with Crippen LogP contribution in [0.1, 0.15) is 5.56 Å². The van der Waals surface area contributed by atoms with E-state index in [1.165, 1.54) is 12.1 Å². The van der Waals surface area contributed by atoms with Gasteiger partial charge >= 0.3 is 0 Å². The zero-order chi connectivity index (χ0) is 9.52. The second kappa shape index (κ2) is 5.43. The van der Waals surface area contributed by atoms with Gasteiger partial charge in [-0.25, -0.2) is 4.39 Å². The molecule has 0 aliphatic carbocycles. The summed E-state index contributed by atoms with van der Waals surface area (Å²) in [6.07, 6.45) is 1.33. The van der Waals surface area contributed by atoms with Gasteiger partial charge in [-0.05, 0) is 24.1 Å². The number of carbonyl (C=O) groups excluding carboxylic acids is 1. The number of carbonyl (C=O) groups is 1. The first-order valence-electron chi connectivity index (χ1n) is 4.09. The first-order valence-corrected chi connectivity index (χ1v) is 4.09. The van der Waals surface area contributed by atoms with E-state index in [0.29, 0.717) is 19.3 Å². The molecular formula is C10H11FO2. The predicted octanol–water partition coefficient (Wildman–Crippen LogP) is 1.58. The topological polar surface area (TPSA) is 26.3 Å². The highest BCUT2D eigenvalue weighted by molar-refractivity contribution is 5.50. The Hall–Kier alpha value is -1.22. The van der Waals surface area contributed by atoms with Crippen LogP contribution in [0, 0.1) is 5.82 Å². The molecule has 0 aliphatic heterocycles. The maximum atomic E-state index is 12.6. The molecule has 1 aromatic rings. The Labute approximate surface area is 76.3 Å². The summed E-state index contributed by atoms with van der Waals surface area (Å²) in [4.78, 5) is 9.89. The van der Waals surface area contributed by atoms with Gasteiger partial charge in [0.05, 0.1) is 6.61 Å². The van der Waals surface area contributed by atoms with Crippen LogP contribution in [0.3, 0.4) is 0 Å². The SMILES string of the molecule is O=CCOCCc1cccc(F)c1. The van der Waals surface area contributed by atoms with Crippen molar-refractivity contribution in [3.05, 3.63) is 35.6 Å². The Morgan fingerprint density at radius 2 is 2.31 bits per heavy atom. The van der Waals surface area contributed by atoms with Gasteiger partial charge in [-0.15, -0.1) is 0 Å². The molecule has 0 unspecified atom stereocenters. The fraction of sp³-hybridized carbons (Fsp3) is 0.300. The van der Waals surface area contributed by atoms with Gasteiger partial charge in [0.25, 0.3) is 0 Å². The van der Waals surface area contributed by atoms with Gasteiger partial charge in [0.2, 0.25) is 0 Å². The standard InChI is InChI=1S/C10H11FO2/c11-10-3-1-2-9(8-10)4-6-13-7-5-12/h1-3,5,8H,4,6-7H2. The fourth-order valence-electron chi connectivity index (χ4n) is 1.01. The normalized spacial score (nSPS) is 9.92. The molecular weight excluding hydrogens is 171 g/mol. The summed E-state index contributed by atoms with van der Waals surface area (Å²) in [5.74, 6) is -0.243. The summed E-state index contributed by atoms with van der Waals surface area (Å²) in [6, 6.07) is 6.35. The third-order valence-electron chi connectivity index (χ3n) is 1.61.